The number of benzene rings is 1. The molecule has 0 aliphatic rings. The molecule has 1 aromatic rings. The maximum absolute atomic E-state index is 13.0. The maximum atomic E-state index is 13.0. The van der Waals surface area contributed by atoms with Gasteiger partial charge in [-0.25, -0.2) is 14.3 Å². The fraction of sp³-hybridized carbons (Fsp3) is 0.400. The van der Waals surface area contributed by atoms with Gasteiger partial charge in [0.25, 0.3) is 18.2 Å². The van der Waals surface area contributed by atoms with Gasteiger partial charge in [0.1, 0.15) is 6.04 Å². The van der Waals surface area contributed by atoms with E-state index in [4.69, 9.17) is 5.21 Å². The van der Waals surface area contributed by atoms with Crippen LogP contribution in [0.4, 0.5) is 8.78 Å². The molecule has 2 amide bonds. The van der Waals surface area contributed by atoms with Crippen LogP contribution in [0, 0.1) is 17.3 Å². The Morgan fingerprint density at radius 3 is 2.00 bits per heavy atom. The van der Waals surface area contributed by atoms with Gasteiger partial charge in [0, 0.05) is 16.5 Å². The van der Waals surface area contributed by atoms with Gasteiger partial charge in [0.15, 0.2) is 5.60 Å². The van der Waals surface area contributed by atoms with Crippen molar-refractivity contribution in [3.8, 4) is 11.8 Å². The van der Waals surface area contributed by atoms with Crippen molar-refractivity contribution in [2.24, 2.45) is 5.41 Å². The minimum absolute atomic E-state index is 0.0760. The van der Waals surface area contributed by atoms with Gasteiger partial charge < -0.3 is 10.4 Å². The Hall–Kier alpha value is -2.76. The zero-order chi connectivity index (χ0) is 22.1. The normalized spacial score (nSPS) is 13.8. The number of carbonyl (C=O) groups excluding carboxylic acids is 2. The Labute approximate surface area is 163 Å². The van der Waals surface area contributed by atoms with E-state index in [1.165, 1.54) is 12.1 Å². The monoisotopic (exact) mass is 396 g/mol. The molecule has 154 valence electrons. The van der Waals surface area contributed by atoms with E-state index in [1.807, 2.05) is 26.1 Å². The second kappa shape index (κ2) is 10.5. The molecule has 4 N–H and O–H groups in total. The van der Waals surface area contributed by atoms with Gasteiger partial charge in [-0.3, -0.25) is 14.8 Å². The number of hydrogen-bond donors (Lipinski definition) is 4. The van der Waals surface area contributed by atoms with Crippen molar-refractivity contribution >= 4 is 11.8 Å². The second-order valence-electron chi connectivity index (χ2n) is 6.99. The van der Waals surface area contributed by atoms with Crippen LogP contribution < -0.4 is 10.8 Å². The Bertz CT molecular complexity index is 729. The first-order chi connectivity index (χ1) is 12.9. The molecule has 1 aromatic carbocycles. The molecular weight excluding hydrogens is 370 g/mol. The van der Waals surface area contributed by atoms with Gasteiger partial charge in [0.05, 0.1) is 0 Å². The number of carbonyl (C=O) groups is 2. The van der Waals surface area contributed by atoms with E-state index >= 15 is 0 Å². The zero-order valence-corrected chi connectivity index (χ0v) is 16.3. The third-order valence-corrected chi connectivity index (χ3v) is 3.40. The molecule has 2 unspecified atom stereocenters. The number of halogens is 2. The van der Waals surface area contributed by atoms with Gasteiger partial charge in [-0.1, -0.05) is 11.8 Å². The van der Waals surface area contributed by atoms with Gasteiger partial charge in [-0.05, 0) is 52.0 Å². The number of aliphatic hydroxyl groups is 1. The number of amides is 2. The van der Waals surface area contributed by atoms with E-state index in [2.05, 4.69) is 25.0 Å². The van der Waals surface area contributed by atoms with Crippen LogP contribution in [-0.4, -0.2) is 40.2 Å². The van der Waals surface area contributed by atoms with Crippen molar-refractivity contribution < 1.29 is 28.7 Å². The smallest absolute Gasteiger partial charge is 0.269 e. The second-order valence-corrected chi connectivity index (χ2v) is 6.99. The summed E-state index contributed by atoms with van der Waals surface area (Å²) in [4.78, 5) is 23.8. The average Bonchev–Trinajstić information content (AvgIpc) is 2.64. The molecule has 8 heteroatoms. The molecule has 28 heavy (non-hydrogen) atoms. The topological polar surface area (TPSA) is 98.7 Å². The van der Waals surface area contributed by atoms with Crippen LogP contribution in [0.3, 0.4) is 0 Å². The molecule has 0 bridgehead atoms. The molecule has 6 nitrogen and oxygen atoms in total. The number of hydrogen-bond acceptors (Lipinski definition) is 4. The van der Waals surface area contributed by atoms with Crippen LogP contribution in [0.2, 0.25) is 0 Å². The van der Waals surface area contributed by atoms with Crippen LogP contribution in [0.15, 0.2) is 37.4 Å². The highest BCUT2D eigenvalue weighted by molar-refractivity contribution is 5.97. The average molecular weight is 396 g/mol. The molecule has 0 spiro atoms. The van der Waals surface area contributed by atoms with E-state index < -0.39 is 29.9 Å². The molecule has 0 aliphatic heterocycles. The van der Waals surface area contributed by atoms with Crippen LogP contribution >= 0.6 is 0 Å². The van der Waals surface area contributed by atoms with E-state index in [0.29, 0.717) is 12.5 Å². The lowest BCUT2D eigenvalue weighted by Crippen LogP contribution is -2.61. The van der Waals surface area contributed by atoms with Crippen molar-refractivity contribution in [1.82, 2.24) is 10.8 Å². The Morgan fingerprint density at radius 2 is 1.61 bits per heavy atom. The summed E-state index contributed by atoms with van der Waals surface area (Å²) in [5.41, 5.74) is -1.18. The number of alkyl halides is 2. The molecule has 0 fully saturated rings. The lowest BCUT2D eigenvalue weighted by atomic mass is 9.95. The number of hydroxylamine groups is 1. The Morgan fingerprint density at radius 1 is 1.11 bits per heavy atom. The highest BCUT2D eigenvalue weighted by Crippen LogP contribution is 2.20. The molecule has 0 aliphatic carbocycles. The summed E-state index contributed by atoms with van der Waals surface area (Å²) in [5, 5.41) is 20.5. The van der Waals surface area contributed by atoms with E-state index in [0.717, 1.165) is 5.48 Å². The van der Waals surface area contributed by atoms with E-state index in [9.17, 15) is 23.5 Å². The molecular formula is C20H26F2N2O4. The third-order valence-electron chi connectivity index (χ3n) is 3.40. The van der Waals surface area contributed by atoms with Gasteiger partial charge >= 0.3 is 0 Å². The third kappa shape index (κ3) is 7.47. The molecule has 0 aromatic heterocycles. The molecule has 2 atom stereocenters. The van der Waals surface area contributed by atoms with Crippen LogP contribution in [-0.2, 0) is 4.79 Å². The lowest BCUT2D eigenvalue weighted by Gasteiger charge is -2.30. The standard InChI is InChI=1S/C18H22F2N2O4.C2H4/c1-17(2,3)10-9-11-5-7-12(8-6-11)14(23)21-13(15(24)22-26)18(4,25)16(19)20;1-2/h5-8,13,16,25-26H,1-4H3,(H,21,23)(H,22,24);1-2H2. The van der Waals surface area contributed by atoms with Crippen molar-refractivity contribution in [3.05, 3.63) is 48.6 Å². The highest BCUT2D eigenvalue weighted by Gasteiger charge is 2.46. The Kier molecular flexibility index (Phi) is 9.50. The molecule has 0 heterocycles. The summed E-state index contributed by atoms with van der Waals surface area (Å²) in [5.74, 6) is 3.74. The summed E-state index contributed by atoms with van der Waals surface area (Å²) in [6.45, 7) is 12.5. The SMILES string of the molecule is C=C.CC(C)(C)C#Cc1ccc(C(=O)NC(C(=O)NO)C(C)(O)C(F)F)cc1. The minimum Gasteiger partial charge on any atom is -0.381 e. The molecule has 0 radical (unpaired) electrons. The number of nitrogens with one attached hydrogen (secondary N) is 2. The summed E-state index contributed by atoms with van der Waals surface area (Å²) in [6, 6.07) is 3.90. The van der Waals surface area contributed by atoms with Crippen LogP contribution in [0.1, 0.15) is 43.6 Å². The predicted octanol–water partition coefficient (Wildman–Crippen LogP) is 2.51. The van der Waals surface area contributed by atoms with Crippen molar-refractivity contribution in [3.63, 3.8) is 0 Å². The molecule has 0 saturated heterocycles. The predicted molar refractivity (Wildman–Crippen MR) is 102 cm³/mol. The summed E-state index contributed by atoms with van der Waals surface area (Å²) < 4.78 is 25.9. The van der Waals surface area contributed by atoms with E-state index in [-0.39, 0.29) is 11.0 Å². The van der Waals surface area contributed by atoms with Gasteiger partial charge in [-0.2, -0.15) is 0 Å². The first-order valence-electron chi connectivity index (χ1n) is 8.27. The zero-order valence-electron chi connectivity index (χ0n) is 16.3. The largest absolute Gasteiger partial charge is 0.381 e. The molecule has 0 saturated carbocycles. The lowest BCUT2D eigenvalue weighted by molar-refractivity contribution is -0.149. The van der Waals surface area contributed by atoms with Gasteiger partial charge in [-0.15, -0.1) is 13.2 Å². The maximum Gasteiger partial charge on any atom is 0.269 e. The van der Waals surface area contributed by atoms with E-state index in [1.54, 1.807) is 12.1 Å². The summed E-state index contributed by atoms with van der Waals surface area (Å²) in [7, 11) is 0. The minimum atomic E-state index is -3.33. The summed E-state index contributed by atoms with van der Waals surface area (Å²) in [6.07, 6.45) is -3.33. The van der Waals surface area contributed by atoms with Gasteiger partial charge in [0.2, 0.25) is 0 Å². The quantitative estimate of drug-likeness (QED) is 0.266. The first-order valence-corrected chi connectivity index (χ1v) is 8.27. The summed E-state index contributed by atoms with van der Waals surface area (Å²) >= 11 is 0. The fourth-order valence-electron chi connectivity index (χ4n) is 1.85. The van der Waals surface area contributed by atoms with Crippen LogP contribution in [0.5, 0.6) is 0 Å². The van der Waals surface area contributed by atoms with Crippen molar-refractivity contribution in [1.29, 1.82) is 0 Å². The Balaban J connectivity index is 0.00000352. The van der Waals surface area contributed by atoms with Crippen molar-refractivity contribution in [2.75, 3.05) is 0 Å². The fourth-order valence-corrected chi connectivity index (χ4v) is 1.85. The van der Waals surface area contributed by atoms with Crippen LogP contribution in [0.25, 0.3) is 0 Å². The first kappa shape index (κ1) is 25.2. The molecule has 1 rings (SSSR count). The number of rotatable bonds is 5. The van der Waals surface area contributed by atoms with Crippen molar-refractivity contribution in [2.45, 2.75) is 45.8 Å². The highest BCUT2D eigenvalue weighted by atomic mass is 19.3.